The number of rotatable bonds is 2. The Labute approximate surface area is 233 Å². The van der Waals surface area contributed by atoms with E-state index < -0.39 is 34.0 Å². The average Bonchev–Trinajstić information content (AvgIpc) is 1.96. The number of carboxylic acids is 1. The first-order valence-corrected chi connectivity index (χ1v) is 5.93. The number of carbonyl (C=O) groups is 2. The first-order chi connectivity index (χ1) is 7.18. The Morgan fingerprint density at radius 3 is 0.950 bits per heavy atom. The molecular weight excluding hydrogens is 702 g/mol. The van der Waals surface area contributed by atoms with E-state index in [0.29, 0.717) is 0 Å². The van der Waals surface area contributed by atoms with Gasteiger partial charge in [-0.15, -0.1) is 0 Å². The molecule has 0 aliphatic heterocycles. The molecule has 0 aromatic heterocycles. The van der Waals surface area contributed by atoms with E-state index in [1.807, 2.05) is 0 Å². The minimum atomic E-state index is -5.39. The molecule has 0 aromatic rings. The van der Waals surface area contributed by atoms with Crippen molar-refractivity contribution in [2.24, 2.45) is 0 Å². The van der Waals surface area contributed by atoms with Gasteiger partial charge in [0, 0.05) is 0 Å². The number of carbonyl (C=O) groups excluding carboxylic acids is 1. The number of carboxylic acid groups (broad SMARTS) is 1. The molecule has 0 atom stereocenters. The Morgan fingerprint density at radius 2 is 0.950 bits per heavy atom. The molecule has 20 heavy (non-hydrogen) atoms. The molecule has 2 N–H and O–H groups in total. The van der Waals surface area contributed by atoms with Gasteiger partial charge in [-0.3, -0.25) is 4.79 Å². The minimum absolute atomic E-state index is 0. The number of aliphatic carboxylic acids is 1. The van der Waals surface area contributed by atoms with Crippen LogP contribution in [0.5, 0.6) is 0 Å². The number of aliphatic hydroxyl groups excluding tert-OH is 1. The van der Waals surface area contributed by atoms with Gasteiger partial charge in [-0.05, 0) is 0 Å². The topological polar surface area (TPSA) is 247 Å². The van der Waals surface area contributed by atoms with E-state index in [-0.39, 0.29) is 147 Å². The first kappa shape index (κ1) is 39.2. The Hall–Kier alpha value is 4.03. The van der Waals surface area contributed by atoms with E-state index in [1.54, 1.807) is 0 Å². The van der Waals surface area contributed by atoms with Crippen LogP contribution in [0.1, 0.15) is 0 Å². The summed E-state index contributed by atoms with van der Waals surface area (Å²) in [6.45, 7) is -0.921. The van der Waals surface area contributed by atoms with Gasteiger partial charge in [0.15, 0.2) is 0 Å². The van der Waals surface area contributed by atoms with E-state index in [4.69, 9.17) is 48.7 Å². The molecule has 12 nitrogen and oxygen atoms in total. The Bertz CT molecular complexity index is 296. The second kappa shape index (κ2) is 21.1. The molecule has 0 spiro atoms. The summed E-state index contributed by atoms with van der Waals surface area (Å²) in [5.74, 6) is -2.78. The van der Waals surface area contributed by atoms with E-state index in [1.165, 1.54) is 0 Å². The van der Waals surface area contributed by atoms with Crippen LogP contribution in [0.15, 0.2) is 0 Å². The third-order valence-electron chi connectivity index (χ3n) is 0.382. The molecule has 0 aliphatic rings. The summed E-state index contributed by atoms with van der Waals surface area (Å²) in [6, 6.07) is 0. The van der Waals surface area contributed by atoms with Crippen LogP contribution in [0.3, 0.4) is 0 Å². The van der Waals surface area contributed by atoms with E-state index in [9.17, 15) is 9.59 Å². The molecule has 0 bridgehead atoms. The van der Waals surface area contributed by atoms with Crippen molar-refractivity contribution in [2.75, 3.05) is 6.61 Å². The summed E-state index contributed by atoms with van der Waals surface area (Å²) >= 11 is 0. The van der Waals surface area contributed by atoms with Crippen molar-refractivity contribution in [1.29, 1.82) is 0 Å². The van der Waals surface area contributed by atoms with Crippen LogP contribution in [0.25, 0.3) is 0 Å². The van der Waals surface area contributed by atoms with Gasteiger partial charge < -0.3 is 48.7 Å². The third-order valence-corrected chi connectivity index (χ3v) is 0.382. The molecule has 17 heteroatoms. The number of ketones is 1. The fourth-order valence-electron chi connectivity index (χ4n) is 0.0676. The van der Waals surface area contributed by atoms with Crippen molar-refractivity contribution in [3.05, 3.63) is 0 Å². The van der Waals surface area contributed by atoms with E-state index in [0.717, 1.165) is 0 Å². The quantitative estimate of drug-likeness (QED) is 0.155. The molecular formula is C3H4Ba3O12P2. The van der Waals surface area contributed by atoms with E-state index >= 15 is 0 Å². The summed E-state index contributed by atoms with van der Waals surface area (Å²) in [5, 5.41) is 15.4. The molecule has 0 saturated carbocycles. The maximum Gasteiger partial charge on any atom is 2.00 e. The zero-order chi connectivity index (χ0) is 14.9. The summed E-state index contributed by atoms with van der Waals surface area (Å²) < 4.78 is 17.1. The van der Waals surface area contributed by atoms with Crippen molar-refractivity contribution < 1.29 is 58.3 Å². The van der Waals surface area contributed by atoms with Crippen molar-refractivity contribution >= 4 is 174 Å². The summed E-state index contributed by atoms with van der Waals surface area (Å²) in [4.78, 5) is 70.4. The predicted octanol–water partition coefficient (Wildman–Crippen LogP) is -8.16. The summed E-state index contributed by atoms with van der Waals surface area (Å²) in [5.41, 5.74) is 0. The van der Waals surface area contributed by atoms with Crippen molar-refractivity contribution in [2.45, 2.75) is 0 Å². The molecule has 0 radical (unpaired) electrons. The fraction of sp³-hybridized carbons (Fsp3) is 0.333. The molecule has 0 aromatic carbocycles. The van der Waals surface area contributed by atoms with Crippen LogP contribution in [0.4, 0.5) is 0 Å². The average molecular weight is 706 g/mol. The van der Waals surface area contributed by atoms with Crippen LogP contribution in [0, 0.1) is 0 Å². The number of phosphoric acid groups is 2. The zero-order valence-corrected chi connectivity index (χ0v) is 24.8. The van der Waals surface area contributed by atoms with Gasteiger partial charge in [0.2, 0.25) is 0 Å². The molecule has 0 rings (SSSR count). The first-order valence-electron chi connectivity index (χ1n) is 3.01. The number of aliphatic hydroxyl groups is 1. The standard InChI is InChI=1S/C3H4O4.3Ba.2H3O4P/c4-1-2(5)3(6)7;;;;2*1-5(2,3)4/h4H,1H2,(H,6,7);;;;2*(H3,1,2,3,4)/q;3*+2;;/p-6. The van der Waals surface area contributed by atoms with Crippen molar-refractivity contribution in [3.8, 4) is 0 Å². The van der Waals surface area contributed by atoms with Gasteiger partial charge in [-0.1, -0.05) is 0 Å². The third kappa shape index (κ3) is 96.8. The molecule has 104 valence electrons. The molecule has 0 heterocycles. The zero-order valence-electron chi connectivity index (χ0n) is 9.70. The summed E-state index contributed by atoms with van der Waals surface area (Å²) in [7, 11) is -10.8. The summed E-state index contributed by atoms with van der Waals surface area (Å²) in [6.07, 6.45) is 0. The fourth-order valence-corrected chi connectivity index (χ4v) is 0.0676. The number of hydrogen-bond acceptors (Lipinski definition) is 11. The van der Waals surface area contributed by atoms with Gasteiger partial charge in [0.05, 0.1) is 0 Å². The van der Waals surface area contributed by atoms with Crippen molar-refractivity contribution in [3.63, 3.8) is 0 Å². The normalized spacial score (nSPS) is 8.75. The van der Waals surface area contributed by atoms with Crippen LogP contribution in [0.2, 0.25) is 0 Å². The monoisotopic (exact) mass is 708 g/mol. The van der Waals surface area contributed by atoms with Crippen LogP contribution < -0.4 is 29.4 Å². The van der Waals surface area contributed by atoms with Crippen LogP contribution in [-0.2, 0) is 18.7 Å². The second-order valence-electron chi connectivity index (χ2n) is 1.78. The van der Waals surface area contributed by atoms with Gasteiger partial charge >= 0.3 is 153 Å². The van der Waals surface area contributed by atoms with Gasteiger partial charge in [-0.2, -0.15) is 15.6 Å². The maximum atomic E-state index is 9.66. The van der Waals surface area contributed by atoms with Gasteiger partial charge in [-0.25, -0.2) is 4.79 Å². The van der Waals surface area contributed by atoms with Gasteiger partial charge in [0.25, 0.3) is 5.78 Å². The molecule has 0 fully saturated rings. The molecule has 0 saturated heterocycles. The van der Waals surface area contributed by atoms with Crippen LogP contribution in [-0.4, -0.2) is 175 Å². The maximum absolute atomic E-state index is 9.66. The molecule has 0 unspecified atom stereocenters. The van der Waals surface area contributed by atoms with Crippen LogP contribution >= 0.6 is 15.6 Å². The Morgan fingerprint density at radius 1 is 0.800 bits per heavy atom. The molecule has 0 amide bonds. The predicted molar refractivity (Wildman–Crippen MR) is 52.2 cm³/mol. The Balaban J connectivity index is -0.0000000348. The molecule has 0 aliphatic carbocycles. The number of hydrogen-bond donors (Lipinski definition) is 2. The van der Waals surface area contributed by atoms with Crippen molar-refractivity contribution in [1.82, 2.24) is 0 Å². The minimum Gasteiger partial charge on any atom is -0.822 e. The van der Waals surface area contributed by atoms with Gasteiger partial charge in [0.1, 0.15) is 6.61 Å². The Kier molecular flexibility index (Phi) is 41.3. The smallest absolute Gasteiger partial charge is 0.822 e. The second-order valence-corrected chi connectivity index (χ2v) is 3.57. The largest absolute Gasteiger partial charge is 2.00 e. The SMILES string of the molecule is O=C(O)C(=O)CO.O=P([O-])([O-])[O-].O=P([O-])([O-])[O-].[Ba+2].[Ba+2].[Ba+2]. The number of Topliss-reactive ketones (excluding diaryl/α,β-unsaturated/α-hetero) is 1. The van der Waals surface area contributed by atoms with E-state index in [2.05, 4.69) is 0 Å².